The van der Waals surface area contributed by atoms with Gasteiger partial charge in [-0.3, -0.25) is 4.79 Å². The highest BCUT2D eigenvalue weighted by Gasteiger charge is 2.18. The molecule has 3 rings (SSSR count). The summed E-state index contributed by atoms with van der Waals surface area (Å²) in [5.74, 6) is 0.292. The van der Waals surface area contributed by atoms with Crippen molar-refractivity contribution < 1.29 is 4.79 Å². The number of para-hydroxylation sites is 1. The largest absolute Gasteiger partial charge is 0.340 e. The number of amides is 1. The van der Waals surface area contributed by atoms with Crippen LogP contribution in [0.15, 0.2) is 42.6 Å². The Bertz CT molecular complexity index is 667. The van der Waals surface area contributed by atoms with Crippen molar-refractivity contribution in [3.05, 3.63) is 48.2 Å². The molecule has 1 aliphatic heterocycles. The van der Waals surface area contributed by atoms with E-state index in [1.165, 1.54) is 11.3 Å². The molecule has 3 N–H and O–H groups in total. The summed E-state index contributed by atoms with van der Waals surface area (Å²) in [7, 11) is 0. The number of rotatable bonds is 3. The van der Waals surface area contributed by atoms with Crippen LogP contribution in [0.2, 0.25) is 0 Å². The van der Waals surface area contributed by atoms with Crippen LogP contribution < -0.4 is 16.0 Å². The fraction of sp³-hybridized carbons (Fsp3) is 0.294. The molecule has 0 saturated carbocycles. The number of nitrogens with two attached hydrogens (primary N) is 1. The van der Waals surface area contributed by atoms with Crippen molar-refractivity contribution in [1.82, 2.24) is 4.98 Å². The van der Waals surface area contributed by atoms with Gasteiger partial charge in [-0.2, -0.15) is 0 Å². The third-order valence-electron chi connectivity index (χ3n) is 3.83. The standard InChI is InChI=1S/C17H20N4O/c1-12(18)17(22)20-16-9-8-14(11-19-16)21-10-4-6-13-5-2-3-7-15(13)21/h2-3,5,7-9,11-12H,4,6,10,18H2,1H3,(H,19,20,22). The molecular weight excluding hydrogens is 276 g/mol. The normalized spacial score (nSPS) is 15.1. The highest BCUT2D eigenvalue weighted by molar-refractivity contribution is 5.93. The van der Waals surface area contributed by atoms with E-state index in [2.05, 4.69) is 39.5 Å². The molecule has 0 aliphatic carbocycles. The summed E-state index contributed by atoms with van der Waals surface area (Å²) in [6.45, 7) is 2.62. The van der Waals surface area contributed by atoms with Crippen molar-refractivity contribution >= 4 is 23.1 Å². The maximum atomic E-state index is 11.6. The summed E-state index contributed by atoms with van der Waals surface area (Å²) in [4.78, 5) is 18.2. The van der Waals surface area contributed by atoms with Crippen molar-refractivity contribution in [2.45, 2.75) is 25.8 Å². The lowest BCUT2D eigenvalue weighted by Gasteiger charge is -2.31. The first-order valence-corrected chi connectivity index (χ1v) is 7.53. The summed E-state index contributed by atoms with van der Waals surface area (Å²) in [6.07, 6.45) is 4.03. The van der Waals surface area contributed by atoms with Crippen LogP contribution in [0.3, 0.4) is 0 Å². The number of benzene rings is 1. The third-order valence-corrected chi connectivity index (χ3v) is 3.83. The van der Waals surface area contributed by atoms with Crippen LogP contribution in [0.25, 0.3) is 0 Å². The minimum absolute atomic E-state index is 0.233. The zero-order chi connectivity index (χ0) is 15.5. The van der Waals surface area contributed by atoms with Crippen LogP contribution in [0, 0.1) is 0 Å². The molecule has 1 aromatic carbocycles. The molecule has 0 saturated heterocycles. The number of aryl methyl sites for hydroxylation is 1. The van der Waals surface area contributed by atoms with Gasteiger partial charge in [0.05, 0.1) is 17.9 Å². The van der Waals surface area contributed by atoms with E-state index in [0.29, 0.717) is 5.82 Å². The predicted octanol–water partition coefficient (Wildman–Crippen LogP) is 2.45. The summed E-state index contributed by atoms with van der Waals surface area (Å²) in [6, 6.07) is 11.7. The number of hydrogen-bond acceptors (Lipinski definition) is 4. The van der Waals surface area contributed by atoms with E-state index < -0.39 is 6.04 Å². The van der Waals surface area contributed by atoms with Gasteiger partial charge >= 0.3 is 0 Å². The topological polar surface area (TPSA) is 71.2 Å². The second-order valence-corrected chi connectivity index (χ2v) is 5.56. The first kappa shape index (κ1) is 14.5. The number of hydrogen-bond donors (Lipinski definition) is 2. The van der Waals surface area contributed by atoms with Crippen LogP contribution in [-0.2, 0) is 11.2 Å². The minimum Gasteiger partial charge on any atom is -0.340 e. The number of carbonyl (C=O) groups is 1. The SMILES string of the molecule is CC(N)C(=O)Nc1ccc(N2CCCc3ccccc32)cn1. The lowest BCUT2D eigenvalue weighted by molar-refractivity contribution is -0.117. The average molecular weight is 296 g/mol. The molecule has 0 spiro atoms. The Hall–Kier alpha value is -2.40. The first-order valence-electron chi connectivity index (χ1n) is 7.53. The minimum atomic E-state index is -0.546. The summed E-state index contributed by atoms with van der Waals surface area (Å²) >= 11 is 0. The van der Waals surface area contributed by atoms with Crippen LogP contribution >= 0.6 is 0 Å². The van der Waals surface area contributed by atoms with E-state index in [-0.39, 0.29) is 5.91 Å². The summed E-state index contributed by atoms with van der Waals surface area (Å²) < 4.78 is 0. The van der Waals surface area contributed by atoms with Gasteiger partial charge in [0, 0.05) is 12.2 Å². The van der Waals surface area contributed by atoms with E-state index >= 15 is 0 Å². The molecule has 114 valence electrons. The Kier molecular flexibility index (Phi) is 4.06. The van der Waals surface area contributed by atoms with Gasteiger partial charge in [0.1, 0.15) is 5.82 Å². The van der Waals surface area contributed by atoms with Crippen LogP contribution in [-0.4, -0.2) is 23.5 Å². The van der Waals surface area contributed by atoms with Gasteiger partial charge in [-0.05, 0) is 43.5 Å². The third kappa shape index (κ3) is 2.94. The van der Waals surface area contributed by atoms with Gasteiger partial charge in [0.15, 0.2) is 0 Å². The van der Waals surface area contributed by atoms with Crippen molar-refractivity contribution in [2.75, 3.05) is 16.8 Å². The van der Waals surface area contributed by atoms with Crippen molar-refractivity contribution in [2.24, 2.45) is 5.73 Å². The molecule has 1 atom stereocenters. The lowest BCUT2D eigenvalue weighted by Crippen LogP contribution is -2.32. The molecule has 2 aromatic rings. The first-order chi connectivity index (χ1) is 10.6. The molecule has 0 bridgehead atoms. The van der Waals surface area contributed by atoms with Gasteiger partial charge < -0.3 is 16.0 Å². The highest BCUT2D eigenvalue weighted by atomic mass is 16.2. The molecule has 1 aliphatic rings. The van der Waals surface area contributed by atoms with Crippen LogP contribution in [0.5, 0.6) is 0 Å². The molecule has 0 radical (unpaired) electrons. The van der Waals surface area contributed by atoms with Gasteiger partial charge in [0.25, 0.3) is 0 Å². The Balaban J connectivity index is 1.81. The van der Waals surface area contributed by atoms with Gasteiger partial charge in [-0.1, -0.05) is 18.2 Å². The molecule has 1 aromatic heterocycles. The van der Waals surface area contributed by atoms with E-state index in [1.807, 2.05) is 12.1 Å². The Morgan fingerprint density at radius 1 is 1.32 bits per heavy atom. The van der Waals surface area contributed by atoms with Gasteiger partial charge in [-0.15, -0.1) is 0 Å². The smallest absolute Gasteiger partial charge is 0.242 e. The van der Waals surface area contributed by atoms with Crippen LogP contribution in [0.1, 0.15) is 18.9 Å². The molecule has 22 heavy (non-hydrogen) atoms. The van der Waals surface area contributed by atoms with Crippen molar-refractivity contribution in [3.63, 3.8) is 0 Å². The quantitative estimate of drug-likeness (QED) is 0.912. The molecule has 1 unspecified atom stereocenters. The maximum absolute atomic E-state index is 11.6. The lowest BCUT2D eigenvalue weighted by atomic mass is 10.0. The van der Waals surface area contributed by atoms with E-state index in [4.69, 9.17) is 5.73 Å². The van der Waals surface area contributed by atoms with Crippen LogP contribution in [0.4, 0.5) is 17.2 Å². The predicted molar refractivity (Wildman–Crippen MR) is 88.3 cm³/mol. The number of carbonyl (C=O) groups excluding carboxylic acids is 1. The maximum Gasteiger partial charge on any atom is 0.242 e. The van der Waals surface area contributed by atoms with E-state index in [9.17, 15) is 4.79 Å². The highest BCUT2D eigenvalue weighted by Crippen LogP contribution is 2.33. The molecule has 0 fully saturated rings. The molecule has 5 heteroatoms. The summed E-state index contributed by atoms with van der Waals surface area (Å²) in [5, 5.41) is 2.70. The fourth-order valence-corrected chi connectivity index (χ4v) is 2.66. The number of anilines is 3. The molecule has 5 nitrogen and oxygen atoms in total. The van der Waals surface area contributed by atoms with Crippen molar-refractivity contribution in [3.8, 4) is 0 Å². The second-order valence-electron chi connectivity index (χ2n) is 5.56. The number of aromatic nitrogens is 1. The molecule has 1 amide bonds. The van der Waals surface area contributed by atoms with Gasteiger partial charge in [-0.25, -0.2) is 4.98 Å². The van der Waals surface area contributed by atoms with E-state index in [1.54, 1.807) is 13.1 Å². The Labute approximate surface area is 130 Å². The molecular formula is C17H20N4O. The summed E-state index contributed by atoms with van der Waals surface area (Å²) in [5.41, 5.74) is 9.17. The number of nitrogens with zero attached hydrogens (tertiary/aromatic N) is 2. The second kappa shape index (κ2) is 6.15. The fourth-order valence-electron chi connectivity index (χ4n) is 2.66. The zero-order valence-electron chi connectivity index (χ0n) is 12.6. The Morgan fingerprint density at radius 2 is 2.14 bits per heavy atom. The van der Waals surface area contributed by atoms with Crippen molar-refractivity contribution in [1.29, 1.82) is 0 Å². The Morgan fingerprint density at radius 3 is 2.86 bits per heavy atom. The number of fused-ring (bicyclic) bond motifs is 1. The zero-order valence-corrected chi connectivity index (χ0v) is 12.6. The monoisotopic (exact) mass is 296 g/mol. The number of pyridine rings is 1. The average Bonchev–Trinajstić information content (AvgIpc) is 2.55. The number of nitrogens with one attached hydrogen (secondary N) is 1. The van der Waals surface area contributed by atoms with Gasteiger partial charge in [0.2, 0.25) is 5.91 Å². The molecule has 2 heterocycles. The van der Waals surface area contributed by atoms with E-state index in [0.717, 1.165) is 25.1 Å².